The third-order valence-electron chi connectivity index (χ3n) is 4.72. The van der Waals surface area contributed by atoms with Gasteiger partial charge in [-0.25, -0.2) is 0 Å². The van der Waals surface area contributed by atoms with Gasteiger partial charge in [-0.2, -0.15) is 0 Å². The van der Waals surface area contributed by atoms with Gasteiger partial charge in [0.25, 0.3) is 0 Å². The van der Waals surface area contributed by atoms with E-state index >= 15 is 0 Å². The number of rotatable bonds is 10. The van der Waals surface area contributed by atoms with E-state index in [4.69, 9.17) is 23.7 Å². The molecule has 31 heavy (non-hydrogen) atoms. The summed E-state index contributed by atoms with van der Waals surface area (Å²) in [7, 11) is 3.22. The van der Waals surface area contributed by atoms with Gasteiger partial charge in [0.1, 0.15) is 17.6 Å². The maximum Gasteiger partial charge on any atom is 0.304 e. The van der Waals surface area contributed by atoms with Crippen LogP contribution in [-0.2, 0) is 37.0 Å². The second kappa shape index (κ2) is 11.2. The van der Waals surface area contributed by atoms with E-state index in [0.717, 1.165) is 22.6 Å². The van der Waals surface area contributed by atoms with Crippen LogP contribution in [0.25, 0.3) is 0 Å². The monoisotopic (exact) mass is 446 g/mol. The van der Waals surface area contributed by atoms with Crippen LogP contribution in [0.4, 0.5) is 0 Å². The molecule has 166 valence electrons. The van der Waals surface area contributed by atoms with E-state index in [1.54, 1.807) is 14.2 Å². The number of methoxy groups -OCH3 is 2. The number of carbonyl (C=O) groups is 2. The molecule has 0 bridgehead atoms. The Morgan fingerprint density at radius 1 is 0.903 bits per heavy atom. The summed E-state index contributed by atoms with van der Waals surface area (Å²) in [5, 5.41) is -0.284. The molecule has 0 aromatic heterocycles. The molecular formula is C23H26O7S. The lowest BCUT2D eigenvalue weighted by molar-refractivity contribution is -0.151. The fourth-order valence-corrected chi connectivity index (χ4v) is 4.40. The van der Waals surface area contributed by atoms with Crippen molar-refractivity contribution in [2.24, 2.45) is 0 Å². The average Bonchev–Trinajstić information content (AvgIpc) is 3.06. The second-order valence-corrected chi connectivity index (χ2v) is 8.27. The lowest BCUT2D eigenvalue weighted by Gasteiger charge is -2.18. The van der Waals surface area contributed by atoms with Crippen LogP contribution < -0.4 is 9.47 Å². The minimum absolute atomic E-state index is 0.253. The van der Waals surface area contributed by atoms with Crippen molar-refractivity contribution in [3.63, 3.8) is 0 Å². The molecule has 3 atom stereocenters. The third kappa shape index (κ3) is 6.46. The zero-order valence-electron chi connectivity index (χ0n) is 17.7. The lowest BCUT2D eigenvalue weighted by atomic mass is 10.1. The Morgan fingerprint density at radius 2 is 1.45 bits per heavy atom. The molecule has 0 amide bonds. The van der Waals surface area contributed by atoms with Crippen molar-refractivity contribution in [2.45, 2.75) is 36.9 Å². The van der Waals surface area contributed by atoms with E-state index in [-0.39, 0.29) is 24.2 Å². The molecule has 1 fully saturated rings. The molecule has 2 aromatic carbocycles. The van der Waals surface area contributed by atoms with Crippen molar-refractivity contribution in [2.75, 3.05) is 20.8 Å². The molecule has 1 unspecified atom stereocenters. The Kier molecular flexibility index (Phi) is 8.34. The minimum Gasteiger partial charge on any atom is -0.497 e. The van der Waals surface area contributed by atoms with Crippen molar-refractivity contribution in [1.29, 1.82) is 0 Å². The van der Waals surface area contributed by atoms with Gasteiger partial charge in [0.15, 0.2) is 0 Å². The molecule has 0 aliphatic carbocycles. The van der Waals surface area contributed by atoms with Crippen LogP contribution in [0.5, 0.6) is 11.5 Å². The van der Waals surface area contributed by atoms with Gasteiger partial charge in [-0.3, -0.25) is 9.59 Å². The molecule has 8 heteroatoms. The summed E-state index contributed by atoms with van der Waals surface area (Å²) in [5.41, 5.74) is 1.02. The number of benzene rings is 2. The molecule has 1 saturated heterocycles. The largest absolute Gasteiger partial charge is 0.497 e. The first-order valence-electron chi connectivity index (χ1n) is 9.81. The van der Waals surface area contributed by atoms with Crippen molar-refractivity contribution >= 4 is 23.5 Å². The number of carbonyl (C=O) groups excluding carboxylic acids is 2. The van der Waals surface area contributed by atoms with Crippen molar-refractivity contribution in [3.05, 3.63) is 59.7 Å². The molecule has 1 heterocycles. The number of ketones is 1. The van der Waals surface area contributed by atoms with Gasteiger partial charge in [-0.05, 0) is 35.4 Å². The standard InChI is InChI=1S/C23H26O7S/c1-15(24)30-23-21(25)22(29-13-17-6-10-19(27-3)11-7-17)20(31-23)14-28-12-16-4-8-18(26-2)9-5-16/h4-11,20,22-23H,12-14H2,1-3H3/t20-,22-,23?/m1/s1. The van der Waals surface area contributed by atoms with Crippen LogP contribution in [0.3, 0.4) is 0 Å². The van der Waals surface area contributed by atoms with Gasteiger partial charge < -0.3 is 23.7 Å². The highest BCUT2D eigenvalue weighted by Gasteiger charge is 2.45. The fourth-order valence-electron chi connectivity index (χ4n) is 3.09. The van der Waals surface area contributed by atoms with E-state index in [1.807, 2.05) is 48.5 Å². The van der Waals surface area contributed by atoms with E-state index in [9.17, 15) is 9.59 Å². The Balaban J connectivity index is 1.59. The maximum absolute atomic E-state index is 12.8. The molecule has 0 saturated carbocycles. The van der Waals surface area contributed by atoms with Gasteiger partial charge >= 0.3 is 5.97 Å². The minimum atomic E-state index is -0.882. The number of thioether (sulfide) groups is 1. The van der Waals surface area contributed by atoms with Crippen molar-refractivity contribution in [3.8, 4) is 11.5 Å². The summed E-state index contributed by atoms with van der Waals surface area (Å²) in [4.78, 5) is 24.1. The van der Waals surface area contributed by atoms with E-state index in [2.05, 4.69) is 0 Å². The molecule has 2 aromatic rings. The maximum atomic E-state index is 12.8. The average molecular weight is 447 g/mol. The summed E-state index contributed by atoms with van der Waals surface area (Å²) in [6, 6.07) is 15.0. The van der Waals surface area contributed by atoms with Gasteiger partial charge in [0, 0.05) is 6.92 Å². The van der Waals surface area contributed by atoms with Crippen LogP contribution in [-0.4, -0.2) is 49.4 Å². The molecule has 0 N–H and O–H groups in total. The predicted molar refractivity (Wildman–Crippen MR) is 116 cm³/mol. The summed E-state index contributed by atoms with van der Waals surface area (Å²) >= 11 is 1.26. The van der Waals surface area contributed by atoms with Crippen LogP contribution in [0.1, 0.15) is 18.1 Å². The normalized spacial score (nSPS) is 20.5. The molecule has 3 rings (SSSR count). The van der Waals surface area contributed by atoms with Crippen molar-refractivity contribution < 1.29 is 33.3 Å². The molecule has 7 nitrogen and oxygen atoms in total. The Bertz CT molecular complexity index is 866. The zero-order chi connectivity index (χ0) is 22.2. The van der Waals surface area contributed by atoms with Gasteiger partial charge in [-0.1, -0.05) is 24.3 Å². The Hall–Kier alpha value is -2.55. The van der Waals surface area contributed by atoms with Crippen molar-refractivity contribution in [1.82, 2.24) is 0 Å². The van der Waals surface area contributed by atoms with Gasteiger partial charge in [-0.15, -0.1) is 11.8 Å². The summed E-state index contributed by atoms with van der Waals surface area (Å²) in [6.07, 6.45) is -0.729. The Labute approximate surface area is 186 Å². The Morgan fingerprint density at radius 3 is 1.97 bits per heavy atom. The molecular weight excluding hydrogens is 420 g/mol. The number of hydrogen-bond donors (Lipinski definition) is 0. The topological polar surface area (TPSA) is 80.3 Å². The van der Waals surface area contributed by atoms with Crippen LogP contribution in [0.15, 0.2) is 48.5 Å². The van der Waals surface area contributed by atoms with E-state index in [0.29, 0.717) is 6.61 Å². The summed E-state index contributed by atoms with van der Waals surface area (Å²) in [6.45, 7) is 2.21. The molecule has 1 aliphatic rings. The number of esters is 1. The van der Waals surface area contributed by atoms with E-state index < -0.39 is 17.5 Å². The summed E-state index contributed by atoms with van der Waals surface area (Å²) in [5.74, 6) is 0.763. The van der Waals surface area contributed by atoms with Gasteiger partial charge in [0.2, 0.25) is 11.2 Å². The van der Waals surface area contributed by atoms with Crippen LogP contribution in [0, 0.1) is 0 Å². The number of ether oxygens (including phenoxy) is 5. The lowest BCUT2D eigenvalue weighted by Crippen LogP contribution is -2.34. The highest BCUT2D eigenvalue weighted by molar-refractivity contribution is 8.01. The summed E-state index contributed by atoms with van der Waals surface area (Å²) < 4.78 is 27.2. The second-order valence-electron chi connectivity index (χ2n) is 6.96. The third-order valence-corrected chi connectivity index (χ3v) is 6.03. The molecule has 1 aliphatic heterocycles. The quantitative estimate of drug-likeness (QED) is 0.514. The smallest absolute Gasteiger partial charge is 0.304 e. The first kappa shape index (κ1) is 23.1. The number of Topliss-reactive ketones (excluding diaryl/α,β-unsaturated/α-hetero) is 1. The predicted octanol–water partition coefficient (Wildman–Crippen LogP) is 3.38. The fraction of sp³-hybridized carbons (Fsp3) is 0.391. The first-order chi connectivity index (χ1) is 15.0. The SMILES string of the molecule is COc1ccc(COC[C@H]2SC(OC(C)=O)C(=O)[C@@H]2OCc2ccc(OC)cc2)cc1. The molecule has 0 spiro atoms. The highest BCUT2D eigenvalue weighted by Crippen LogP contribution is 2.35. The highest BCUT2D eigenvalue weighted by atomic mass is 32.2. The zero-order valence-corrected chi connectivity index (χ0v) is 18.6. The van der Waals surface area contributed by atoms with E-state index in [1.165, 1.54) is 18.7 Å². The van der Waals surface area contributed by atoms with Gasteiger partial charge in [0.05, 0.1) is 39.3 Å². The van der Waals surface area contributed by atoms with Crippen LogP contribution >= 0.6 is 11.8 Å². The molecule has 0 radical (unpaired) electrons. The number of hydrogen-bond acceptors (Lipinski definition) is 8. The first-order valence-corrected chi connectivity index (χ1v) is 10.8. The van der Waals surface area contributed by atoms with Crippen LogP contribution in [0.2, 0.25) is 0 Å².